The molecule has 2 rings (SSSR count). The zero-order valence-electron chi connectivity index (χ0n) is 11.8. The molecule has 0 amide bonds. The third-order valence-corrected chi connectivity index (χ3v) is 4.26. The van der Waals surface area contributed by atoms with Gasteiger partial charge >= 0.3 is 5.97 Å². The number of fused-ring (bicyclic) bond motifs is 1. The van der Waals surface area contributed by atoms with Crippen LogP contribution in [0, 0.1) is 11.8 Å². The van der Waals surface area contributed by atoms with Crippen LogP contribution in [-0.4, -0.2) is 49.7 Å². The predicted molar refractivity (Wildman–Crippen MR) is 71.3 cm³/mol. The van der Waals surface area contributed by atoms with Crippen LogP contribution in [-0.2, 0) is 9.53 Å². The third kappa shape index (κ3) is 3.23. The normalized spacial score (nSPS) is 29.6. The molecule has 1 saturated carbocycles. The maximum Gasteiger partial charge on any atom is 0.324 e. The average Bonchev–Trinajstić information content (AvgIpc) is 2.86. The van der Waals surface area contributed by atoms with Crippen molar-refractivity contribution in [2.45, 2.75) is 45.2 Å². The van der Waals surface area contributed by atoms with Gasteiger partial charge in [-0.3, -0.25) is 4.79 Å². The molecule has 1 aliphatic carbocycles. The molecule has 104 valence electrons. The molecule has 0 aromatic carbocycles. The summed E-state index contributed by atoms with van der Waals surface area (Å²) in [5.41, 5.74) is 0. The highest BCUT2D eigenvalue weighted by molar-refractivity contribution is 5.76. The number of hydrogen-bond acceptors (Lipinski definition) is 4. The van der Waals surface area contributed by atoms with Gasteiger partial charge in [-0.15, -0.1) is 0 Å². The van der Waals surface area contributed by atoms with Crippen molar-refractivity contribution >= 4 is 5.97 Å². The molecule has 0 aromatic rings. The summed E-state index contributed by atoms with van der Waals surface area (Å²) in [5, 5.41) is 3.31. The Hall–Kier alpha value is -0.610. The number of nitrogens with one attached hydrogen (secondary N) is 1. The van der Waals surface area contributed by atoms with Gasteiger partial charge in [0, 0.05) is 25.7 Å². The maximum atomic E-state index is 11.8. The fourth-order valence-electron chi connectivity index (χ4n) is 3.48. The highest BCUT2D eigenvalue weighted by Crippen LogP contribution is 2.37. The second-order valence-corrected chi connectivity index (χ2v) is 6.07. The SMILES string of the molecule is COC(=O)C(CN1CC2CCCC2C1)NC(C)C. The Bertz CT molecular complexity index is 282. The van der Waals surface area contributed by atoms with E-state index >= 15 is 0 Å². The average molecular weight is 254 g/mol. The van der Waals surface area contributed by atoms with Crippen molar-refractivity contribution in [3.05, 3.63) is 0 Å². The number of carbonyl (C=O) groups is 1. The first-order chi connectivity index (χ1) is 8.60. The summed E-state index contributed by atoms with van der Waals surface area (Å²) < 4.78 is 4.89. The van der Waals surface area contributed by atoms with Crippen LogP contribution in [0.4, 0.5) is 0 Å². The van der Waals surface area contributed by atoms with Crippen LogP contribution < -0.4 is 5.32 Å². The highest BCUT2D eigenvalue weighted by Gasteiger charge is 2.37. The summed E-state index contributed by atoms with van der Waals surface area (Å²) in [7, 11) is 1.47. The predicted octanol–water partition coefficient (Wildman–Crippen LogP) is 1.26. The first-order valence-corrected chi connectivity index (χ1v) is 7.16. The van der Waals surface area contributed by atoms with Gasteiger partial charge in [-0.25, -0.2) is 0 Å². The van der Waals surface area contributed by atoms with E-state index in [0.29, 0.717) is 6.04 Å². The van der Waals surface area contributed by atoms with Gasteiger partial charge in [0.05, 0.1) is 7.11 Å². The van der Waals surface area contributed by atoms with Gasteiger partial charge in [0.2, 0.25) is 0 Å². The van der Waals surface area contributed by atoms with Gasteiger partial charge in [-0.1, -0.05) is 20.3 Å². The van der Waals surface area contributed by atoms with Gasteiger partial charge in [0.15, 0.2) is 0 Å². The smallest absolute Gasteiger partial charge is 0.324 e. The first-order valence-electron chi connectivity index (χ1n) is 7.16. The summed E-state index contributed by atoms with van der Waals surface area (Å²) in [6.45, 7) is 7.25. The summed E-state index contributed by atoms with van der Waals surface area (Å²) in [6.07, 6.45) is 4.15. The maximum absolute atomic E-state index is 11.8. The van der Waals surface area contributed by atoms with E-state index in [1.807, 2.05) is 0 Å². The Balaban J connectivity index is 1.87. The minimum absolute atomic E-state index is 0.138. The molecular formula is C14H26N2O2. The van der Waals surface area contributed by atoms with Gasteiger partial charge in [0.1, 0.15) is 6.04 Å². The van der Waals surface area contributed by atoms with Crippen LogP contribution in [0.3, 0.4) is 0 Å². The minimum Gasteiger partial charge on any atom is -0.468 e. The Labute approximate surface area is 110 Å². The second kappa shape index (κ2) is 6.02. The Morgan fingerprint density at radius 1 is 1.33 bits per heavy atom. The molecule has 18 heavy (non-hydrogen) atoms. The Kier molecular flexibility index (Phi) is 4.62. The Morgan fingerprint density at radius 2 is 1.94 bits per heavy atom. The van der Waals surface area contributed by atoms with Crippen LogP contribution in [0.2, 0.25) is 0 Å². The monoisotopic (exact) mass is 254 g/mol. The van der Waals surface area contributed by atoms with Crippen molar-refractivity contribution in [1.82, 2.24) is 10.2 Å². The molecule has 0 radical (unpaired) electrons. The molecule has 4 heteroatoms. The fraction of sp³-hybridized carbons (Fsp3) is 0.929. The van der Waals surface area contributed by atoms with Crippen molar-refractivity contribution in [2.75, 3.05) is 26.7 Å². The number of likely N-dealkylation sites (tertiary alicyclic amines) is 1. The lowest BCUT2D eigenvalue weighted by Gasteiger charge is -2.25. The molecule has 1 N–H and O–H groups in total. The van der Waals surface area contributed by atoms with E-state index in [2.05, 4.69) is 24.1 Å². The lowest BCUT2D eigenvalue weighted by atomic mass is 10.0. The number of nitrogens with zero attached hydrogens (tertiary/aromatic N) is 1. The van der Waals surface area contributed by atoms with E-state index < -0.39 is 0 Å². The van der Waals surface area contributed by atoms with Crippen molar-refractivity contribution < 1.29 is 9.53 Å². The number of ether oxygens (including phenoxy) is 1. The van der Waals surface area contributed by atoms with E-state index in [1.54, 1.807) is 0 Å². The lowest BCUT2D eigenvalue weighted by molar-refractivity contribution is -0.143. The first kappa shape index (κ1) is 13.8. The van der Waals surface area contributed by atoms with E-state index in [1.165, 1.54) is 26.4 Å². The van der Waals surface area contributed by atoms with Crippen LogP contribution in [0.25, 0.3) is 0 Å². The summed E-state index contributed by atoms with van der Waals surface area (Å²) in [6, 6.07) is 0.116. The number of esters is 1. The van der Waals surface area contributed by atoms with Gasteiger partial charge < -0.3 is 15.0 Å². The van der Waals surface area contributed by atoms with Crippen LogP contribution >= 0.6 is 0 Å². The van der Waals surface area contributed by atoms with Crippen molar-refractivity contribution in [2.24, 2.45) is 11.8 Å². The molecule has 2 fully saturated rings. The molecule has 1 saturated heterocycles. The zero-order valence-corrected chi connectivity index (χ0v) is 11.8. The number of carbonyl (C=O) groups excluding carboxylic acids is 1. The van der Waals surface area contributed by atoms with E-state index in [4.69, 9.17) is 4.74 Å². The number of hydrogen-bond donors (Lipinski definition) is 1. The van der Waals surface area contributed by atoms with Crippen molar-refractivity contribution in [3.63, 3.8) is 0 Å². The summed E-state index contributed by atoms with van der Waals surface area (Å²) in [5.74, 6) is 1.62. The largest absolute Gasteiger partial charge is 0.468 e. The molecular weight excluding hydrogens is 228 g/mol. The number of methoxy groups -OCH3 is 1. The molecule has 3 unspecified atom stereocenters. The second-order valence-electron chi connectivity index (χ2n) is 6.07. The lowest BCUT2D eigenvalue weighted by Crippen LogP contribution is -2.48. The molecule has 0 spiro atoms. The topological polar surface area (TPSA) is 41.6 Å². The Morgan fingerprint density at radius 3 is 2.44 bits per heavy atom. The molecule has 1 aliphatic heterocycles. The standard InChI is InChI=1S/C14H26N2O2/c1-10(2)15-13(14(17)18-3)9-16-7-11-5-4-6-12(11)8-16/h10-13,15H,4-9H2,1-3H3. The molecule has 4 nitrogen and oxygen atoms in total. The molecule has 0 aromatic heterocycles. The van der Waals surface area contributed by atoms with Crippen LogP contribution in [0.1, 0.15) is 33.1 Å². The zero-order chi connectivity index (χ0) is 13.1. The van der Waals surface area contributed by atoms with Crippen molar-refractivity contribution in [1.29, 1.82) is 0 Å². The molecule has 3 atom stereocenters. The molecule has 0 bridgehead atoms. The third-order valence-electron chi connectivity index (χ3n) is 4.26. The highest BCUT2D eigenvalue weighted by atomic mass is 16.5. The quantitative estimate of drug-likeness (QED) is 0.750. The van der Waals surface area contributed by atoms with Crippen molar-refractivity contribution in [3.8, 4) is 0 Å². The number of rotatable bonds is 5. The fourth-order valence-corrected chi connectivity index (χ4v) is 3.48. The minimum atomic E-state index is -0.186. The van der Waals surface area contributed by atoms with Gasteiger partial charge in [0.25, 0.3) is 0 Å². The van der Waals surface area contributed by atoms with E-state index in [-0.39, 0.29) is 12.0 Å². The van der Waals surface area contributed by atoms with Gasteiger partial charge in [-0.2, -0.15) is 0 Å². The van der Waals surface area contributed by atoms with Gasteiger partial charge in [-0.05, 0) is 24.7 Å². The summed E-state index contributed by atoms with van der Waals surface area (Å²) in [4.78, 5) is 14.2. The summed E-state index contributed by atoms with van der Waals surface area (Å²) >= 11 is 0. The van der Waals surface area contributed by atoms with Crippen LogP contribution in [0.15, 0.2) is 0 Å². The van der Waals surface area contributed by atoms with E-state index in [0.717, 1.165) is 31.5 Å². The van der Waals surface area contributed by atoms with E-state index in [9.17, 15) is 4.79 Å². The molecule has 1 heterocycles. The van der Waals surface area contributed by atoms with Crippen LogP contribution in [0.5, 0.6) is 0 Å². The molecule has 2 aliphatic rings.